The minimum atomic E-state index is 0.505. The third-order valence-corrected chi connectivity index (χ3v) is 2.56. The van der Waals surface area contributed by atoms with Crippen molar-refractivity contribution in [3.63, 3.8) is 0 Å². The maximum atomic E-state index is 5.93. The summed E-state index contributed by atoms with van der Waals surface area (Å²) >= 11 is 0. The lowest BCUT2D eigenvalue weighted by Gasteiger charge is -2.08. The van der Waals surface area contributed by atoms with Crippen molar-refractivity contribution in [1.82, 2.24) is 4.98 Å². The van der Waals surface area contributed by atoms with Crippen LogP contribution in [0.4, 0.5) is 11.6 Å². The fraction of sp³-hybridized carbons (Fsp3) is 0.154. The third kappa shape index (κ3) is 2.30. The average Bonchev–Trinajstić information content (AvgIpc) is 2.38. The molecule has 1 aromatic heterocycles. The van der Waals surface area contributed by atoms with Crippen molar-refractivity contribution in [2.24, 2.45) is 0 Å². The molecule has 17 heavy (non-hydrogen) atoms. The number of nitrogen functional groups attached to an aromatic ring is 1. The Balaban J connectivity index is 2.45. The Morgan fingerprint density at radius 1 is 1.24 bits per heavy atom. The lowest BCUT2D eigenvalue weighted by Crippen LogP contribution is -1.98. The van der Waals surface area contributed by atoms with Crippen molar-refractivity contribution in [2.45, 2.75) is 0 Å². The second-order valence-electron chi connectivity index (χ2n) is 3.61. The molecule has 0 saturated heterocycles. The highest BCUT2D eigenvalue weighted by atomic mass is 16.5. The van der Waals surface area contributed by atoms with Gasteiger partial charge in [0.05, 0.1) is 7.11 Å². The normalized spacial score (nSPS) is 10.0. The minimum Gasteiger partial charge on any atom is -0.497 e. The largest absolute Gasteiger partial charge is 0.497 e. The van der Waals surface area contributed by atoms with Crippen molar-refractivity contribution >= 4 is 11.6 Å². The molecular weight excluding hydrogens is 214 g/mol. The summed E-state index contributed by atoms with van der Waals surface area (Å²) in [6.45, 7) is 0. The lowest BCUT2D eigenvalue weighted by atomic mass is 10.1. The van der Waals surface area contributed by atoms with E-state index in [-0.39, 0.29) is 0 Å². The van der Waals surface area contributed by atoms with E-state index >= 15 is 0 Å². The van der Waals surface area contributed by atoms with E-state index in [4.69, 9.17) is 10.5 Å². The molecule has 0 bridgehead atoms. The lowest BCUT2D eigenvalue weighted by molar-refractivity contribution is 0.415. The zero-order chi connectivity index (χ0) is 12.3. The number of nitrogens with one attached hydrogen (secondary N) is 1. The van der Waals surface area contributed by atoms with E-state index in [9.17, 15) is 0 Å². The van der Waals surface area contributed by atoms with Gasteiger partial charge in [-0.15, -0.1) is 0 Å². The standard InChI is InChI=1S/C13H15N3O/c1-15-12-7-6-11(13(14)16-12)9-4-3-5-10(8-9)17-2/h3-8H,1-2H3,(H3,14,15,16). The summed E-state index contributed by atoms with van der Waals surface area (Å²) in [6.07, 6.45) is 0. The van der Waals surface area contributed by atoms with Crippen LogP contribution in [0.15, 0.2) is 36.4 Å². The molecule has 2 aromatic rings. The molecule has 0 aliphatic heterocycles. The van der Waals surface area contributed by atoms with Crippen LogP contribution < -0.4 is 15.8 Å². The molecule has 1 heterocycles. The van der Waals surface area contributed by atoms with Crippen LogP contribution >= 0.6 is 0 Å². The van der Waals surface area contributed by atoms with Crippen LogP contribution in [-0.4, -0.2) is 19.1 Å². The quantitative estimate of drug-likeness (QED) is 0.848. The van der Waals surface area contributed by atoms with Gasteiger partial charge < -0.3 is 15.8 Å². The number of nitrogens with two attached hydrogens (primary N) is 1. The number of methoxy groups -OCH3 is 1. The van der Waals surface area contributed by atoms with Crippen molar-refractivity contribution in [1.29, 1.82) is 0 Å². The van der Waals surface area contributed by atoms with Crippen LogP contribution in [0.25, 0.3) is 11.1 Å². The highest BCUT2D eigenvalue weighted by Gasteiger charge is 2.05. The molecular formula is C13H15N3O. The Bertz CT molecular complexity index is 526. The molecule has 3 N–H and O–H groups in total. The van der Waals surface area contributed by atoms with Gasteiger partial charge in [-0.25, -0.2) is 4.98 Å². The average molecular weight is 229 g/mol. The monoisotopic (exact) mass is 229 g/mol. The van der Waals surface area contributed by atoms with Crippen LogP contribution in [0.3, 0.4) is 0 Å². The van der Waals surface area contributed by atoms with Gasteiger partial charge in [0.2, 0.25) is 0 Å². The van der Waals surface area contributed by atoms with Crippen LogP contribution in [0.5, 0.6) is 5.75 Å². The van der Waals surface area contributed by atoms with E-state index in [1.807, 2.05) is 43.4 Å². The number of hydrogen-bond acceptors (Lipinski definition) is 4. The van der Waals surface area contributed by atoms with Crippen molar-refractivity contribution < 1.29 is 4.74 Å². The third-order valence-electron chi connectivity index (χ3n) is 2.56. The number of anilines is 2. The van der Waals surface area contributed by atoms with Gasteiger partial charge in [0.15, 0.2) is 0 Å². The Morgan fingerprint density at radius 3 is 2.71 bits per heavy atom. The van der Waals surface area contributed by atoms with Crippen molar-refractivity contribution in [3.8, 4) is 16.9 Å². The fourth-order valence-electron chi connectivity index (χ4n) is 1.65. The molecule has 0 saturated carbocycles. The zero-order valence-corrected chi connectivity index (χ0v) is 9.90. The Morgan fingerprint density at radius 2 is 2.06 bits per heavy atom. The van der Waals surface area contributed by atoms with Gasteiger partial charge >= 0.3 is 0 Å². The first-order valence-corrected chi connectivity index (χ1v) is 5.33. The Kier molecular flexibility index (Phi) is 3.14. The molecule has 4 heteroatoms. The van der Waals surface area contributed by atoms with Crippen LogP contribution in [0.2, 0.25) is 0 Å². The number of aromatic nitrogens is 1. The van der Waals surface area contributed by atoms with Crippen molar-refractivity contribution in [2.75, 3.05) is 25.2 Å². The Hall–Kier alpha value is -2.23. The first-order chi connectivity index (χ1) is 8.24. The van der Waals surface area contributed by atoms with Crippen molar-refractivity contribution in [3.05, 3.63) is 36.4 Å². The maximum absolute atomic E-state index is 5.93. The molecule has 2 rings (SSSR count). The molecule has 0 fully saturated rings. The van der Waals surface area contributed by atoms with E-state index in [1.54, 1.807) is 7.11 Å². The topological polar surface area (TPSA) is 60.2 Å². The fourth-order valence-corrected chi connectivity index (χ4v) is 1.65. The SMILES string of the molecule is CNc1ccc(-c2cccc(OC)c2)c(N)n1. The smallest absolute Gasteiger partial charge is 0.133 e. The van der Waals surface area contributed by atoms with E-state index in [0.717, 1.165) is 22.7 Å². The number of rotatable bonds is 3. The second-order valence-corrected chi connectivity index (χ2v) is 3.61. The maximum Gasteiger partial charge on any atom is 0.133 e. The van der Waals surface area contributed by atoms with Crippen LogP contribution in [0, 0.1) is 0 Å². The van der Waals surface area contributed by atoms with Gasteiger partial charge in [0, 0.05) is 12.6 Å². The molecule has 0 amide bonds. The molecule has 0 radical (unpaired) electrons. The predicted molar refractivity (Wildman–Crippen MR) is 70.2 cm³/mol. The molecule has 88 valence electrons. The molecule has 0 spiro atoms. The van der Waals surface area contributed by atoms with Crippen LogP contribution in [-0.2, 0) is 0 Å². The summed E-state index contributed by atoms with van der Waals surface area (Å²) < 4.78 is 5.19. The number of hydrogen-bond donors (Lipinski definition) is 2. The number of nitrogens with zero attached hydrogens (tertiary/aromatic N) is 1. The summed E-state index contributed by atoms with van der Waals surface area (Å²) in [7, 11) is 3.46. The number of benzene rings is 1. The van der Waals surface area contributed by atoms with E-state index in [1.165, 1.54) is 0 Å². The summed E-state index contributed by atoms with van der Waals surface area (Å²) in [5, 5.41) is 2.95. The molecule has 0 aliphatic carbocycles. The van der Waals surface area contributed by atoms with Crippen LogP contribution in [0.1, 0.15) is 0 Å². The number of ether oxygens (including phenoxy) is 1. The molecule has 0 atom stereocenters. The first kappa shape index (κ1) is 11.3. The van der Waals surface area contributed by atoms with Gasteiger partial charge in [-0.1, -0.05) is 12.1 Å². The summed E-state index contributed by atoms with van der Waals surface area (Å²) in [6, 6.07) is 11.6. The van der Waals surface area contributed by atoms with Gasteiger partial charge in [-0.05, 0) is 29.8 Å². The Labute approximate surface area is 100 Å². The van der Waals surface area contributed by atoms with Gasteiger partial charge in [-0.2, -0.15) is 0 Å². The molecule has 1 aromatic carbocycles. The number of pyridine rings is 1. The zero-order valence-electron chi connectivity index (χ0n) is 9.90. The van der Waals surface area contributed by atoms with E-state index in [0.29, 0.717) is 5.82 Å². The summed E-state index contributed by atoms with van der Waals surface area (Å²) in [4.78, 5) is 4.25. The molecule has 4 nitrogen and oxygen atoms in total. The minimum absolute atomic E-state index is 0.505. The highest BCUT2D eigenvalue weighted by molar-refractivity contribution is 5.75. The highest BCUT2D eigenvalue weighted by Crippen LogP contribution is 2.28. The van der Waals surface area contributed by atoms with Gasteiger partial charge in [0.25, 0.3) is 0 Å². The summed E-state index contributed by atoms with van der Waals surface area (Å²) in [5.41, 5.74) is 7.83. The van der Waals surface area contributed by atoms with E-state index in [2.05, 4.69) is 10.3 Å². The molecule has 0 unspecified atom stereocenters. The van der Waals surface area contributed by atoms with Gasteiger partial charge in [-0.3, -0.25) is 0 Å². The predicted octanol–water partition coefficient (Wildman–Crippen LogP) is 2.38. The van der Waals surface area contributed by atoms with E-state index < -0.39 is 0 Å². The first-order valence-electron chi connectivity index (χ1n) is 5.33. The summed E-state index contributed by atoms with van der Waals surface area (Å²) in [5.74, 6) is 2.07. The van der Waals surface area contributed by atoms with Gasteiger partial charge in [0.1, 0.15) is 17.4 Å². The second kappa shape index (κ2) is 4.74. The molecule has 0 aliphatic rings.